The topological polar surface area (TPSA) is 132 Å². The lowest BCUT2D eigenvalue weighted by Crippen LogP contribution is -2.55. The predicted octanol–water partition coefficient (Wildman–Crippen LogP) is 4.01. The van der Waals surface area contributed by atoms with Crippen molar-refractivity contribution in [2.24, 2.45) is 0 Å². The molecule has 0 saturated carbocycles. The highest BCUT2D eigenvalue weighted by molar-refractivity contribution is 6.01. The fraction of sp³-hybridized carbons (Fsp3) is 0.400. The van der Waals surface area contributed by atoms with Crippen LogP contribution in [0.3, 0.4) is 0 Å². The van der Waals surface area contributed by atoms with Crippen molar-refractivity contribution in [2.45, 2.75) is 64.8 Å². The van der Waals surface area contributed by atoms with Crippen LogP contribution >= 0.6 is 0 Å². The Morgan fingerprint density at radius 2 is 1.80 bits per heavy atom. The molecule has 5 N–H and O–H groups in total. The number of fused-ring (bicyclic) bond motifs is 1. The molecular formula is C35H45N5O5. The first-order valence-corrected chi connectivity index (χ1v) is 15.4. The van der Waals surface area contributed by atoms with E-state index in [4.69, 9.17) is 4.74 Å². The van der Waals surface area contributed by atoms with Crippen LogP contribution in [0.2, 0.25) is 0 Å². The van der Waals surface area contributed by atoms with E-state index in [0.717, 1.165) is 27.9 Å². The molecule has 0 aromatic heterocycles. The first-order valence-electron chi connectivity index (χ1n) is 15.4. The van der Waals surface area contributed by atoms with Crippen molar-refractivity contribution in [3.63, 3.8) is 0 Å². The number of carbonyl (C=O) groups is 3. The highest BCUT2D eigenvalue weighted by Gasteiger charge is 2.32. The molecule has 45 heavy (non-hydrogen) atoms. The van der Waals surface area contributed by atoms with Crippen LogP contribution in [0, 0.1) is 0 Å². The number of carbonyl (C=O) groups excluding carboxylic acids is 3. The molecule has 0 saturated heterocycles. The number of hydrogen-bond acceptors (Lipinski definition) is 6. The average molecular weight is 616 g/mol. The van der Waals surface area contributed by atoms with E-state index in [9.17, 15) is 19.5 Å². The molecule has 4 amide bonds. The van der Waals surface area contributed by atoms with Gasteiger partial charge in [-0.25, -0.2) is 4.79 Å². The summed E-state index contributed by atoms with van der Waals surface area (Å²) in [6.45, 7) is 9.00. The van der Waals surface area contributed by atoms with E-state index in [1.54, 1.807) is 18.9 Å². The van der Waals surface area contributed by atoms with Crippen molar-refractivity contribution < 1.29 is 24.2 Å². The predicted molar refractivity (Wildman–Crippen MR) is 176 cm³/mol. The number of rotatable bonds is 12. The second kappa shape index (κ2) is 15.0. The first kappa shape index (κ1) is 33.5. The lowest BCUT2D eigenvalue weighted by molar-refractivity contribution is -0.120. The second-order valence-electron chi connectivity index (χ2n) is 12.1. The Morgan fingerprint density at radius 3 is 2.49 bits per heavy atom. The third kappa shape index (κ3) is 8.83. The summed E-state index contributed by atoms with van der Waals surface area (Å²) in [7, 11) is 1.61. The molecule has 0 aliphatic carbocycles. The Bertz CT molecular complexity index is 1490. The Labute approximate surface area is 265 Å². The molecule has 0 radical (unpaired) electrons. The number of methoxy groups -OCH3 is 1. The number of hydrogen-bond donors (Lipinski definition) is 5. The van der Waals surface area contributed by atoms with E-state index in [1.165, 1.54) is 0 Å². The number of ether oxygens (including phenoxy) is 1. The van der Waals surface area contributed by atoms with Gasteiger partial charge in [0.1, 0.15) is 11.8 Å². The maximum absolute atomic E-state index is 14.0. The molecule has 4 rings (SSSR count). The van der Waals surface area contributed by atoms with E-state index >= 15 is 0 Å². The van der Waals surface area contributed by atoms with E-state index < -0.39 is 23.7 Å². The molecule has 2 atom stereocenters. The van der Waals surface area contributed by atoms with Gasteiger partial charge < -0.3 is 36.0 Å². The third-order valence-corrected chi connectivity index (χ3v) is 7.83. The van der Waals surface area contributed by atoms with Gasteiger partial charge in [0.15, 0.2) is 0 Å². The Hall–Kier alpha value is -4.41. The minimum absolute atomic E-state index is 0.124. The summed E-state index contributed by atoms with van der Waals surface area (Å²) in [4.78, 5) is 41.3. The summed E-state index contributed by atoms with van der Waals surface area (Å²) in [6.07, 6.45) is 0.506. The molecule has 1 aliphatic rings. The van der Waals surface area contributed by atoms with Gasteiger partial charge in [-0.1, -0.05) is 42.5 Å². The van der Waals surface area contributed by atoms with Gasteiger partial charge in [0.05, 0.1) is 19.8 Å². The minimum atomic E-state index is -0.736. The van der Waals surface area contributed by atoms with Crippen molar-refractivity contribution in [1.82, 2.24) is 21.3 Å². The summed E-state index contributed by atoms with van der Waals surface area (Å²) >= 11 is 0. The monoisotopic (exact) mass is 615 g/mol. The molecule has 1 aliphatic heterocycles. The zero-order valence-electron chi connectivity index (χ0n) is 26.8. The Kier molecular flexibility index (Phi) is 11.2. The van der Waals surface area contributed by atoms with E-state index in [1.807, 2.05) is 87.5 Å². The average Bonchev–Trinajstić information content (AvgIpc) is 3.15. The fourth-order valence-corrected chi connectivity index (χ4v) is 5.34. The normalized spacial score (nSPS) is 15.5. The molecule has 0 bridgehead atoms. The molecular weight excluding hydrogens is 570 g/mol. The van der Waals surface area contributed by atoms with Gasteiger partial charge in [-0.3, -0.25) is 9.59 Å². The van der Waals surface area contributed by atoms with Crippen molar-refractivity contribution in [1.29, 1.82) is 0 Å². The lowest BCUT2D eigenvalue weighted by Gasteiger charge is -2.29. The molecule has 3 aromatic carbocycles. The van der Waals surface area contributed by atoms with Crippen LogP contribution in [0.1, 0.15) is 55.6 Å². The molecule has 10 nitrogen and oxygen atoms in total. The van der Waals surface area contributed by atoms with Crippen LogP contribution in [0.5, 0.6) is 5.75 Å². The second-order valence-corrected chi connectivity index (χ2v) is 12.1. The molecule has 1 heterocycles. The third-order valence-electron chi connectivity index (χ3n) is 7.83. The van der Waals surface area contributed by atoms with E-state index in [-0.39, 0.29) is 11.8 Å². The van der Waals surface area contributed by atoms with Gasteiger partial charge in [0.25, 0.3) is 5.91 Å². The minimum Gasteiger partial charge on any atom is -0.497 e. The van der Waals surface area contributed by atoms with Crippen LogP contribution in [-0.2, 0) is 17.8 Å². The SMILES string of the molecule is CCNC(=O)c1ccccc1-c1ccc(CN2C(=O)[C@H](NC(=O)NCC(C)(C)NC[C@@H](C)O)CCc3cc(OC)ccc32)cc1. The highest BCUT2D eigenvalue weighted by atomic mass is 16.5. The number of amides is 4. The van der Waals surface area contributed by atoms with Crippen LogP contribution in [0.25, 0.3) is 11.1 Å². The largest absolute Gasteiger partial charge is 0.497 e. The number of anilines is 1. The van der Waals surface area contributed by atoms with Crippen molar-refractivity contribution in [3.05, 3.63) is 83.4 Å². The van der Waals surface area contributed by atoms with Gasteiger partial charge >= 0.3 is 6.03 Å². The maximum Gasteiger partial charge on any atom is 0.315 e. The quantitative estimate of drug-likeness (QED) is 0.209. The Balaban J connectivity index is 1.54. The number of benzene rings is 3. The zero-order chi connectivity index (χ0) is 32.6. The zero-order valence-corrected chi connectivity index (χ0v) is 26.8. The fourth-order valence-electron chi connectivity index (χ4n) is 5.34. The van der Waals surface area contributed by atoms with Gasteiger partial charge in [-0.05, 0) is 87.1 Å². The molecule has 0 fully saturated rings. The van der Waals surface area contributed by atoms with Crippen molar-refractivity contribution >= 4 is 23.5 Å². The van der Waals surface area contributed by atoms with Crippen molar-refractivity contribution in [2.75, 3.05) is 31.6 Å². The molecule has 0 unspecified atom stereocenters. The number of aryl methyl sites for hydroxylation is 1. The number of urea groups is 1. The summed E-state index contributed by atoms with van der Waals surface area (Å²) in [5, 5.41) is 21.4. The lowest BCUT2D eigenvalue weighted by atomic mass is 9.98. The van der Waals surface area contributed by atoms with Gasteiger partial charge in [-0.15, -0.1) is 0 Å². The standard InChI is InChI=1S/C35H45N5O5/c1-6-36-32(42)29-10-8-7-9-28(29)25-13-11-24(12-14-25)21-40-31-18-16-27(45-5)19-26(31)15-17-30(33(40)43)39-34(44)37-22-35(3,4)38-20-23(2)41/h7-14,16,18-19,23,30,38,41H,6,15,17,20-22H2,1-5H3,(H,36,42)(H2,37,39,44)/t23-,30-/m1/s1. The Morgan fingerprint density at radius 1 is 1.07 bits per heavy atom. The van der Waals surface area contributed by atoms with Crippen LogP contribution in [-0.4, -0.2) is 67.4 Å². The van der Waals surface area contributed by atoms with E-state index in [2.05, 4.69) is 21.3 Å². The summed E-state index contributed by atoms with van der Waals surface area (Å²) < 4.78 is 5.45. The van der Waals surface area contributed by atoms with Crippen LogP contribution < -0.4 is 30.9 Å². The van der Waals surface area contributed by atoms with Gasteiger partial charge in [-0.2, -0.15) is 0 Å². The molecule has 240 valence electrons. The smallest absolute Gasteiger partial charge is 0.315 e. The summed E-state index contributed by atoms with van der Waals surface area (Å²) in [6, 6.07) is 19.8. The highest BCUT2D eigenvalue weighted by Crippen LogP contribution is 2.32. The molecule has 3 aromatic rings. The number of nitrogens with zero attached hydrogens (tertiary/aromatic N) is 1. The van der Waals surface area contributed by atoms with Gasteiger partial charge in [0.2, 0.25) is 5.91 Å². The van der Waals surface area contributed by atoms with E-state index in [0.29, 0.717) is 50.3 Å². The first-order chi connectivity index (χ1) is 21.5. The number of aliphatic hydroxyl groups is 1. The van der Waals surface area contributed by atoms with Crippen LogP contribution in [0.4, 0.5) is 10.5 Å². The molecule has 0 spiro atoms. The number of aliphatic hydroxyl groups excluding tert-OH is 1. The number of β-amino-alcohol motifs (C(OH)–C–C–N with tert-alkyl or cyclic N) is 1. The van der Waals surface area contributed by atoms with Gasteiger partial charge in [0, 0.05) is 36.4 Å². The van der Waals surface area contributed by atoms with Crippen LogP contribution in [0.15, 0.2) is 66.7 Å². The van der Waals surface area contributed by atoms with Crippen molar-refractivity contribution in [3.8, 4) is 16.9 Å². The summed E-state index contributed by atoms with van der Waals surface area (Å²) in [5.41, 5.74) is 4.52. The molecule has 10 heteroatoms. The maximum atomic E-state index is 14.0. The number of nitrogens with one attached hydrogen (secondary N) is 4. The summed E-state index contributed by atoms with van der Waals surface area (Å²) in [5.74, 6) is 0.375.